The molecule has 0 aromatic heterocycles. The van der Waals surface area contributed by atoms with Gasteiger partial charge in [0.15, 0.2) is 5.25 Å². The molecule has 0 heterocycles. The summed E-state index contributed by atoms with van der Waals surface area (Å²) in [6.45, 7) is 2.99. The van der Waals surface area contributed by atoms with Crippen molar-refractivity contribution in [1.29, 1.82) is 0 Å². The van der Waals surface area contributed by atoms with Crippen LogP contribution in [-0.2, 0) is 19.6 Å². The molecule has 0 aromatic rings. The maximum atomic E-state index is 11.6. The normalized spacial score (nSPS) is 15.1. The van der Waals surface area contributed by atoms with Gasteiger partial charge >= 0.3 is 5.97 Å². The van der Waals surface area contributed by atoms with Crippen molar-refractivity contribution in [2.24, 2.45) is 0 Å². The number of hydrogen-bond donors (Lipinski definition) is 1. The van der Waals surface area contributed by atoms with Crippen LogP contribution in [0, 0.1) is 12.3 Å². The van der Waals surface area contributed by atoms with Gasteiger partial charge in [-0.25, -0.2) is 8.42 Å². The van der Waals surface area contributed by atoms with Gasteiger partial charge < -0.3 is 4.74 Å². The first-order chi connectivity index (χ1) is 6.88. The van der Waals surface area contributed by atoms with Crippen LogP contribution >= 0.6 is 0 Å². The Labute approximate surface area is 90.2 Å². The number of carbonyl (C=O) groups is 1. The summed E-state index contributed by atoms with van der Waals surface area (Å²) in [5, 5.41) is -1.26. The lowest BCUT2D eigenvalue weighted by atomic mass is 10.3. The van der Waals surface area contributed by atoms with E-state index in [9.17, 15) is 13.2 Å². The summed E-state index contributed by atoms with van der Waals surface area (Å²) in [6, 6.07) is -0.595. The number of nitrogens with one attached hydrogen (secondary N) is 1. The molecule has 0 aliphatic carbocycles. The molecule has 0 saturated carbocycles. The maximum Gasteiger partial charge on any atom is 0.325 e. The second-order valence-corrected chi connectivity index (χ2v) is 4.99. The van der Waals surface area contributed by atoms with Crippen molar-refractivity contribution in [2.45, 2.75) is 31.6 Å². The fourth-order valence-corrected chi connectivity index (χ4v) is 2.01. The highest BCUT2D eigenvalue weighted by molar-refractivity contribution is 7.90. The highest BCUT2D eigenvalue weighted by Gasteiger charge is 2.30. The quantitative estimate of drug-likeness (QED) is 0.531. The molecule has 0 rings (SSSR count). The number of esters is 1. The molecule has 0 aliphatic rings. The van der Waals surface area contributed by atoms with Crippen LogP contribution < -0.4 is 4.72 Å². The van der Waals surface area contributed by atoms with E-state index in [2.05, 4.69) is 15.4 Å². The zero-order valence-electron chi connectivity index (χ0n) is 8.98. The topological polar surface area (TPSA) is 72.5 Å². The molecule has 86 valence electrons. The van der Waals surface area contributed by atoms with Crippen molar-refractivity contribution in [3.05, 3.63) is 0 Å². The Balaban J connectivity index is 4.71. The molecular formula is C9H15NO4S. The van der Waals surface area contributed by atoms with E-state index in [0.29, 0.717) is 6.42 Å². The molecule has 6 heteroatoms. The van der Waals surface area contributed by atoms with Crippen LogP contribution in [0.25, 0.3) is 0 Å². The van der Waals surface area contributed by atoms with Crippen molar-refractivity contribution in [3.63, 3.8) is 0 Å². The van der Waals surface area contributed by atoms with Gasteiger partial charge in [-0.2, -0.15) is 4.72 Å². The lowest BCUT2D eigenvalue weighted by molar-refractivity contribution is -0.139. The average Bonchev–Trinajstić information content (AvgIpc) is 2.23. The fourth-order valence-electron chi connectivity index (χ4n) is 0.828. The minimum atomic E-state index is -3.76. The summed E-state index contributed by atoms with van der Waals surface area (Å²) in [7, 11) is -2.63. The number of sulfonamides is 1. The molecule has 0 fully saturated rings. The third-order valence-electron chi connectivity index (χ3n) is 1.91. The largest absolute Gasteiger partial charge is 0.468 e. The molecule has 0 amide bonds. The van der Waals surface area contributed by atoms with Gasteiger partial charge in [0, 0.05) is 0 Å². The Kier molecular flexibility index (Phi) is 5.33. The van der Waals surface area contributed by atoms with E-state index < -0.39 is 27.3 Å². The second-order valence-electron chi connectivity index (χ2n) is 2.96. The fraction of sp³-hybridized carbons (Fsp3) is 0.667. The molecule has 0 saturated heterocycles. The van der Waals surface area contributed by atoms with Crippen LogP contribution in [0.3, 0.4) is 0 Å². The Bertz CT molecular complexity index is 355. The smallest absolute Gasteiger partial charge is 0.325 e. The zero-order valence-corrected chi connectivity index (χ0v) is 9.80. The maximum absolute atomic E-state index is 11.6. The van der Waals surface area contributed by atoms with E-state index in [1.54, 1.807) is 6.92 Å². The number of hydrogen-bond acceptors (Lipinski definition) is 4. The zero-order chi connectivity index (χ0) is 12.1. The first kappa shape index (κ1) is 13.9. The Morgan fingerprint density at radius 3 is 2.47 bits per heavy atom. The van der Waals surface area contributed by atoms with Crippen LogP contribution in [0.4, 0.5) is 0 Å². The number of rotatable bonds is 5. The van der Waals surface area contributed by atoms with Gasteiger partial charge in [0.25, 0.3) is 0 Å². The lowest BCUT2D eigenvalue weighted by Gasteiger charge is -2.15. The predicted molar refractivity (Wildman–Crippen MR) is 56.4 cm³/mol. The van der Waals surface area contributed by atoms with E-state index >= 15 is 0 Å². The molecule has 1 N–H and O–H groups in total. The molecular weight excluding hydrogens is 218 g/mol. The molecule has 2 unspecified atom stereocenters. The first-order valence-corrected chi connectivity index (χ1v) is 5.98. The van der Waals surface area contributed by atoms with Crippen molar-refractivity contribution < 1.29 is 17.9 Å². The molecule has 2 atom stereocenters. The number of ether oxygens (including phenoxy) is 1. The van der Waals surface area contributed by atoms with E-state index in [1.165, 1.54) is 6.92 Å². The Hall–Kier alpha value is -1.06. The number of methoxy groups -OCH3 is 1. The van der Waals surface area contributed by atoms with E-state index in [4.69, 9.17) is 6.42 Å². The van der Waals surface area contributed by atoms with Crippen molar-refractivity contribution in [3.8, 4) is 12.3 Å². The molecule has 0 aromatic carbocycles. The monoisotopic (exact) mass is 233 g/mol. The van der Waals surface area contributed by atoms with Crippen molar-refractivity contribution in [1.82, 2.24) is 4.72 Å². The summed E-state index contributed by atoms with van der Waals surface area (Å²) in [6.07, 6.45) is 5.57. The summed E-state index contributed by atoms with van der Waals surface area (Å²) >= 11 is 0. The van der Waals surface area contributed by atoms with Crippen LogP contribution in [0.1, 0.15) is 20.3 Å². The third-order valence-corrected chi connectivity index (χ3v) is 3.65. The van der Waals surface area contributed by atoms with Gasteiger partial charge in [0.05, 0.1) is 13.2 Å². The van der Waals surface area contributed by atoms with E-state index in [-0.39, 0.29) is 0 Å². The number of carbonyl (C=O) groups excluding carboxylic acids is 1. The first-order valence-electron chi connectivity index (χ1n) is 4.44. The summed E-state index contributed by atoms with van der Waals surface area (Å²) in [4.78, 5) is 11.0. The Morgan fingerprint density at radius 2 is 2.13 bits per heavy atom. The average molecular weight is 233 g/mol. The molecule has 0 spiro atoms. The summed E-state index contributed by atoms with van der Waals surface area (Å²) in [5.41, 5.74) is 0. The minimum absolute atomic E-state index is 0.462. The highest BCUT2D eigenvalue weighted by atomic mass is 32.2. The van der Waals surface area contributed by atoms with Crippen LogP contribution in [0.2, 0.25) is 0 Å². The highest BCUT2D eigenvalue weighted by Crippen LogP contribution is 2.03. The van der Waals surface area contributed by atoms with Gasteiger partial charge in [0.2, 0.25) is 10.0 Å². The van der Waals surface area contributed by atoms with Crippen LogP contribution in [-0.4, -0.2) is 32.8 Å². The summed E-state index contributed by atoms with van der Waals surface area (Å²) < 4.78 is 29.7. The lowest BCUT2D eigenvalue weighted by Crippen LogP contribution is -2.42. The number of terminal acetylenes is 1. The third kappa shape index (κ3) is 3.90. The standard InChI is InChI=1S/C9H15NO4S/c1-5-8(6-2)10-15(12,13)7(3)9(11)14-4/h1,7-8,10H,6H2,2-4H3. The van der Waals surface area contributed by atoms with Crippen molar-refractivity contribution >= 4 is 16.0 Å². The molecule has 15 heavy (non-hydrogen) atoms. The molecule has 0 radical (unpaired) electrons. The van der Waals surface area contributed by atoms with Gasteiger partial charge in [-0.3, -0.25) is 4.79 Å². The Morgan fingerprint density at radius 1 is 1.60 bits per heavy atom. The van der Waals surface area contributed by atoms with E-state index in [1.807, 2.05) is 0 Å². The minimum Gasteiger partial charge on any atom is -0.468 e. The molecule has 0 aliphatic heterocycles. The second kappa shape index (κ2) is 5.73. The van der Waals surface area contributed by atoms with Crippen LogP contribution in [0.5, 0.6) is 0 Å². The SMILES string of the molecule is C#CC(CC)NS(=O)(=O)C(C)C(=O)OC. The van der Waals surface area contributed by atoms with E-state index in [0.717, 1.165) is 7.11 Å². The van der Waals surface area contributed by atoms with Gasteiger partial charge in [-0.1, -0.05) is 12.8 Å². The van der Waals surface area contributed by atoms with Gasteiger partial charge in [-0.15, -0.1) is 6.42 Å². The predicted octanol–water partition coefficient (Wildman–Crippen LogP) is -0.121. The van der Waals surface area contributed by atoms with Crippen molar-refractivity contribution in [2.75, 3.05) is 7.11 Å². The van der Waals surface area contributed by atoms with Crippen LogP contribution in [0.15, 0.2) is 0 Å². The van der Waals surface area contributed by atoms with Gasteiger partial charge in [0.1, 0.15) is 0 Å². The summed E-state index contributed by atoms with van der Waals surface area (Å²) in [5.74, 6) is 1.47. The molecule has 5 nitrogen and oxygen atoms in total. The molecule has 0 bridgehead atoms. The van der Waals surface area contributed by atoms with Gasteiger partial charge in [-0.05, 0) is 13.3 Å².